The highest BCUT2D eigenvalue weighted by Gasteiger charge is 2.21. The lowest BCUT2D eigenvalue weighted by molar-refractivity contribution is 0.102. The van der Waals surface area contributed by atoms with Crippen LogP contribution in [0, 0.1) is 6.92 Å². The molecule has 0 aliphatic carbocycles. The Morgan fingerprint density at radius 3 is 2.59 bits per heavy atom. The molecule has 148 valence electrons. The van der Waals surface area contributed by atoms with Crippen molar-refractivity contribution in [3.05, 3.63) is 65.7 Å². The van der Waals surface area contributed by atoms with Crippen molar-refractivity contribution in [2.45, 2.75) is 11.8 Å². The van der Waals surface area contributed by atoms with Gasteiger partial charge in [-0.15, -0.1) is 0 Å². The highest BCUT2D eigenvalue weighted by atomic mass is 32.2. The normalized spacial score (nSPS) is 12.0. The lowest BCUT2D eigenvalue weighted by Crippen LogP contribution is -2.23. The Morgan fingerprint density at radius 2 is 1.83 bits per heavy atom. The smallest absolute Gasteiger partial charge is 0.257 e. The summed E-state index contributed by atoms with van der Waals surface area (Å²) in [4.78, 5) is 17.5. The van der Waals surface area contributed by atoms with Crippen LogP contribution in [-0.2, 0) is 10.0 Å². The number of hydrogen-bond donors (Lipinski definition) is 1. The Bertz CT molecular complexity index is 1360. The second kappa shape index (κ2) is 7.22. The van der Waals surface area contributed by atoms with E-state index in [1.165, 1.54) is 37.6 Å². The summed E-state index contributed by atoms with van der Waals surface area (Å²) in [6, 6.07) is 16.5. The first-order chi connectivity index (χ1) is 13.8. The Balaban J connectivity index is 1.70. The molecule has 0 saturated heterocycles. The van der Waals surface area contributed by atoms with Gasteiger partial charge >= 0.3 is 0 Å². The number of nitrogens with one attached hydrogen (secondary N) is 1. The van der Waals surface area contributed by atoms with Crippen LogP contribution in [0.3, 0.4) is 0 Å². The van der Waals surface area contributed by atoms with Crippen LogP contribution < -0.4 is 5.32 Å². The molecule has 0 saturated carbocycles. The minimum absolute atomic E-state index is 0.0774. The van der Waals surface area contributed by atoms with Gasteiger partial charge in [-0.25, -0.2) is 17.7 Å². The van der Waals surface area contributed by atoms with Gasteiger partial charge in [0.1, 0.15) is 0 Å². The molecule has 4 aromatic rings. The van der Waals surface area contributed by atoms with Crippen molar-refractivity contribution >= 4 is 53.4 Å². The van der Waals surface area contributed by atoms with Crippen LogP contribution in [0.25, 0.3) is 21.0 Å². The van der Waals surface area contributed by atoms with E-state index in [0.29, 0.717) is 16.3 Å². The molecule has 1 N–H and O–H groups in total. The summed E-state index contributed by atoms with van der Waals surface area (Å²) in [5.41, 5.74) is 1.83. The first-order valence-electron chi connectivity index (χ1n) is 8.90. The molecule has 8 heteroatoms. The highest BCUT2D eigenvalue weighted by Crippen LogP contribution is 2.32. The van der Waals surface area contributed by atoms with E-state index >= 15 is 0 Å². The minimum Gasteiger partial charge on any atom is -0.298 e. The van der Waals surface area contributed by atoms with E-state index in [1.807, 2.05) is 36.4 Å². The van der Waals surface area contributed by atoms with Gasteiger partial charge in [-0.1, -0.05) is 47.7 Å². The number of nitrogens with zero attached hydrogens (tertiary/aromatic N) is 2. The van der Waals surface area contributed by atoms with E-state index < -0.39 is 10.0 Å². The molecule has 0 aliphatic rings. The predicted molar refractivity (Wildman–Crippen MR) is 117 cm³/mol. The van der Waals surface area contributed by atoms with Crippen molar-refractivity contribution in [2.24, 2.45) is 0 Å². The number of hydrogen-bond acceptors (Lipinski definition) is 5. The first kappa shape index (κ1) is 19.5. The lowest BCUT2D eigenvalue weighted by atomic mass is 10.1. The third-order valence-corrected chi connectivity index (χ3v) is 7.48. The number of sulfonamides is 1. The standard InChI is InChI=1S/C21H19N3O3S2/c1-13-8-10-15(29(26,27)24(2)3)12-17(13)20(25)23-21-22-19-16-7-5-4-6-14(16)9-11-18(19)28-21/h4-12H,1-3H3,(H,22,23,25). The van der Waals surface area contributed by atoms with Crippen LogP contribution >= 0.6 is 11.3 Å². The first-order valence-corrected chi connectivity index (χ1v) is 11.2. The second-order valence-electron chi connectivity index (χ2n) is 6.87. The van der Waals surface area contributed by atoms with Crippen molar-refractivity contribution in [1.29, 1.82) is 0 Å². The summed E-state index contributed by atoms with van der Waals surface area (Å²) >= 11 is 1.39. The van der Waals surface area contributed by atoms with Gasteiger partial charge < -0.3 is 0 Å². The summed E-state index contributed by atoms with van der Waals surface area (Å²) in [7, 11) is -0.710. The second-order valence-corrected chi connectivity index (χ2v) is 10.1. The van der Waals surface area contributed by atoms with E-state index in [4.69, 9.17) is 0 Å². The molecule has 0 aliphatic heterocycles. The molecule has 0 radical (unpaired) electrons. The number of carbonyl (C=O) groups is 1. The van der Waals surface area contributed by atoms with Crippen molar-refractivity contribution < 1.29 is 13.2 Å². The zero-order valence-electron chi connectivity index (χ0n) is 16.1. The van der Waals surface area contributed by atoms with Gasteiger partial charge in [0.15, 0.2) is 5.13 Å². The average Bonchev–Trinajstić information content (AvgIpc) is 3.10. The third kappa shape index (κ3) is 3.50. The number of benzene rings is 3. The van der Waals surface area contributed by atoms with Crippen LogP contribution in [0.1, 0.15) is 15.9 Å². The van der Waals surface area contributed by atoms with E-state index in [0.717, 1.165) is 25.3 Å². The van der Waals surface area contributed by atoms with Gasteiger partial charge in [-0.3, -0.25) is 10.1 Å². The van der Waals surface area contributed by atoms with Crippen LogP contribution in [0.4, 0.5) is 5.13 Å². The average molecular weight is 426 g/mol. The monoisotopic (exact) mass is 425 g/mol. The maximum atomic E-state index is 12.9. The topological polar surface area (TPSA) is 79.4 Å². The van der Waals surface area contributed by atoms with Gasteiger partial charge in [0.25, 0.3) is 5.91 Å². The zero-order chi connectivity index (χ0) is 20.8. The Labute approximate surface area is 172 Å². The fourth-order valence-electron chi connectivity index (χ4n) is 3.10. The Hall–Kier alpha value is -2.81. The molecule has 29 heavy (non-hydrogen) atoms. The fraction of sp³-hybridized carbons (Fsp3) is 0.143. The fourth-order valence-corrected chi connectivity index (χ4v) is 4.90. The van der Waals surface area contributed by atoms with Gasteiger partial charge in [0.2, 0.25) is 10.0 Å². The number of amides is 1. The van der Waals surface area contributed by atoms with E-state index in [2.05, 4.69) is 10.3 Å². The van der Waals surface area contributed by atoms with E-state index in [9.17, 15) is 13.2 Å². The van der Waals surface area contributed by atoms with Crippen LogP contribution in [-0.4, -0.2) is 37.7 Å². The number of fused-ring (bicyclic) bond motifs is 3. The third-order valence-electron chi connectivity index (χ3n) is 4.74. The maximum absolute atomic E-state index is 12.9. The van der Waals surface area contributed by atoms with Gasteiger partial charge in [-0.2, -0.15) is 0 Å². The largest absolute Gasteiger partial charge is 0.298 e. The minimum atomic E-state index is -3.63. The molecule has 0 spiro atoms. The quantitative estimate of drug-likeness (QED) is 0.530. The number of aromatic nitrogens is 1. The van der Waals surface area contributed by atoms with Crippen LogP contribution in [0.15, 0.2) is 59.5 Å². The molecule has 0 atom stereocenters. The molecule has 0 unspecified atom stereocenters. The van der Waals surface area contributed by atoms with Gasteiger partial charge in [0, 0.05) is 25.0 Å². The summed E-state index contributed by atoms with van der Waals surface area (Å²) in [5, 5.41) is 5.40. The molecule has 0 bridgehead atoms. The molecule has 1 aromatic heterocycles. The van der Waals surface area contributed by atoms with Crippen LogP contribution in [0.5, 0.6) is 0 Å². The summed E-state index contributed by atoms with van der Waals surface area (Å²) in [6.45, 7) is 1.77. The molecule has 4 rings (SSSR count). The van der Waals surface area contributed by atoms with Crippen molar-refractivity contribution in [2.75, 3.05) is 19.4 Å². The van der Waals surface area contributed by atoms with E-state index in [1.54, 1.807) is 13.0 Å². The van der Waals surface area contributed by atoms with Crippen molar-refractivity contribution in [1.82, 2.24) is 9.29 Å². The van der Waals surface area contributed by atoms with Crippen molar-refractivity contribution in [3.8, 4) is 0 Å². The summed E-state index contributed by atoms with van der Waals surface area (Å²) < 4.78 is 26.9. The Kier molecular flexibility index (Phi) is 4.85. The number of rotatable bonds is 4. The summed E-state index contributed by atoms with van der Waals surface area (Å²) in [5.74, 6) is -0.387. The predicted octanol–water partition coefficient (Wildman–Crippen LogP) is 4.26. The molecule has 3 aromatic carbocycles. The number of thiazole rings is 1. The molecule has 1 amide bonds. The number of aryl methyl sites for hydroxylation is 1. The van der Waals surface area contributed by atoms with Crippen molar-refractivity contribution in [3.63, 3.8) is 0 Å². The molecular formula is C21H19N3O3S2. The lowest BCUT2D eigenvalue weighted by Gasteiger charge is -2.13. The maximum Gasteiger partial charge on any atom is 0.257 e. The molecule has 1 heterocycles. The SMILES string of the molecule is Cc1ccc(S(=O)(=O)N(C)C)cc1C(=O)Nc1nc2c(ccc3ccccc32)s1. The highest BCUT2D eigenvalue weighted by molar-refractivity contribution is 7.89. The molecule has 0 fully saturated rings. The number of anilines is 1. The molecular weight excluding hydrogens is 406 g/mol. The Morgan fingerprint density at radius 1 is 1.07 bits per heavy atom. The van der Waals surface area contributed by atoms with E-state index in [-0.39, 0.29) is 10.8 Å². The molecule has 6 nitrogen and oxygen atoms in total. The number of carbonyl (C=O) groups excluding carboxylic acids is 1. The zero-order valence-corrected chi connectivity index (χ0v) is 17.8. The summed E-state index contributed by atoms with van der Waals surface area (Å²) in [6.07, 6.45) is 0. The van der Waals surface area contributed by atoms with Gasteiger partial charge in [-0.05, 0) is 36.1 Å². The van der Waals surface area contributed by atoms with Gasteiger partial charge in [0.05, 0.1) is 15.1 Å². The van der Waals surface area contributed by atoms with Crippen LogP contribution in [0.2, 0.25) is 0 Å².